The largest absolute Gasteiger partial charge is 0.508 e. The Kier molecular flexibility index (Phi) is 8.73. The molecule has 0 radical (unpaired) electrons. The highest BCUT2D eigenvalue weighted by Gasteiger charge is 2.47. The van der Waals surface area contributed by atoms with Crippen LogP contribution in [0, 0.1) is 0 Å². The summed E-state index contributed by atoms with van der Waals surface area (Å²) >= 11 is 0. The molecule has 230 valence electrons. The first kappa shape index (κ1) is 30.4. The summed E-state index contributed by atoms with van der Waals surface area (Å²) in [6.07, 6.45) is -5.44. The molecular weight excluding hydrogens is 580 g/mol. The Bertz CT molecular complexity index is 1740. The van der Waals surface area contributed by atoms with Gasteiger partial charge >= 0.3 is 5.97 Å². The van der Waals surface area contributed by atoms with E-state index in [4.69, 9.17) is 23.4 Å². The zero-order chi connectivity index (χ0) is 31.5. The van der Waals surface area contributed by atoms with Crippen molar-refractivity contribution in [3.05, 3.63) is 82.5 Å². The molecule has 5 unspecified atom stereocenters. The maximum atomic E-state index is 12.8. The maximum absolute atomic E-state index is 12.8. The number of aliphatic hydroxyl groups is 3. The Morgan fingerprint density at radius 3 is 2.41 bits per heavy atom. The maximum Gasteiger partial charge on any atom is 0.331 e. The van der Waals surface area contributed by atoms with Crippen LogP contribution in [-0.4, -0.2) is 81.0 Å². The van der Waals surface area contributed by atoms with Crippen molar-refractivity contribution in [2.75, 3.05) is 13.7 Å². The summed E-state index contributed by atoms with van der Waals surface area (Å²) < 4.78 is 27.5. The third kappa shape index (κ3) is 6.31. The van der Waals surface area contributed by atoms with Crippen molar-refractivity contribution >= 4 is 23.0 Å². The molecule has 2 heterocycles. The van der Waals surface area contributed by atoms with Crippen LogP contribution in [0.4, 0.5) is 0 Å². The average molecular weight is 609 g/mol. The normalized spacial score (nSPS) is 21.8. The quantitative estimate of drug-likeness (QED) is 0.125. The third-order valence-corrected chi connectivity index (χ3v) is 6.88. The van der Waals surface area contributed by atoms with Gasteiger partial charge in [0.05, 0.1) is 13.7 Å². The lowest BCUT2D eigenvalue weighted by atomic mass is 9.99. The molecule has 6 N–H and O–H groups in total. The van der Waals surface area contributed by atoms with Gasteiger partial charge in [-0.3, -0.25) is 4.79 Å². The topological polar surface area (TPSA) is 206 Å². The van der Waals surface area contributed by atoms with Crippen LogP contribution in [0.3, 0.4) is 0 Å². The number of hydrogen-bond acceptors (Lipinski definition) is 13. The highest BCUT2D eigenvalue weighted by Crippen LogP contribution is 2.35. The van der Waals surface area contributed by atoms with Gasteiger partial charge < -0.3 is 54.0 Å². The fraction of sp³-hybridized carbons (Fsp3) is 0.226. The smallest absolute Gasteiger partial charge is 0.331 e. The number of aliphatic hydroxyl groups excluding tert-OH is 3. The van der Waals surface area contributed by atoms with Crippen molar-refractivity contribution in [1.29, 1.82) is 0 Å². The van der Waals surface area contributed by atoms with E-state index in [1.165, 1.54) is 49.6 Å². The van der Waals surface area contributed by atoms with Crippen LogP contribution < -0.4 is 14.9 Å². The van der Waals surface area contributed by atoms with Gasteiger partial charge in [-0.1, -0.05) is 12.1 Å². The molecule has 0 bridgehead atoms. The first-order valence-electron chi connectivity index (χ1n) is 13.2. The van der Waals surface area contributed by atoms with Crippen LogP contribution in [-0.2, 0) is 14.3 Å². The monoisotopic (exact) mass is 608 g/mol. The molecule has 44 heavy (non-hydrogen) atoms. The van der Waals surface area contributed by atoms with Gasteiger partial charge in [0.25, 0.3) is 0 Å². The number of phenolic OH excluding ortho intramolecular Hbond substituents is 3. The molecule has 13 heteroatoms. The molecule has 0 saturated carbocycles. The predicted octanol–water partition coefficient (Wildman–Crippen LogP) is 2.03. The van der Waals surface area contributed by atoms with Crippen molar-refractivity contribution in [3.8, 4) is 40.1 Å². The van der Waals surface area contributed by atoms with E-state index < -0.39 is 54.5 Å². The molecule has 1 aliphatic heterocycles. The SMILES string of the molecule is COc1cc(-c2cc(=O)c3c(O)cc(OC4OC(CO)C(OC(=O)C=Cc5ccc(O)cc5)C(O)C4O)cc3o2)ccc1O. The van der Waals surface area contributed by atoms with Gasteiger partial charge in [-0.05, 0) is 42.0 Å². The van der Waals surface area contributed by atoms with E-state index in [9.17, 15) is 40.2 Å². The number of methoxy groups -OCH3 is 1. The molecule has 5 rings (SSSR count). The predicted molar refractivity (Wildman–Crippen MR) is 153 cm³/mol. The molecule has 1 fully saturated rings. The summed E-state index contributed by atoms with van der Waals surface area (Å²) in [6, 6.07) is 13.8. The van der Waals surface area contributed by atoms with Gasteiger partial charge in [-0.2, -0.15) is 0 Å². The summed E-state index contributed by atoms with van der Waals surface area (Å²) in [4.78, 5) is 25.2. The Hall–Kier alpha value is -5.08. The number of benzene rings is 3. The third-order valence-electron chi connectivity index (χ3n) is 6.88. The van der Waals surface area contributed by atoms with E-state index in [1.54, 1.807) is 12.1 Å². The van der Waals surface area contributed by atoms with E-state index in [2.05, 4.69) is 0 Å². The number of hydrogen-bond donors (Lipinski definition) is 6. The summed E-state index contributed by atoms with van der Waals surface area (Å²) in [5.41, 5.74) is 0.303. The molecule has 1 saturated heterocycles. The standard InChI is InChI=1S/C31H28O13/c1-40-23-10-16(5-8-19(23)34)22-13-21(36)27-20(35)11-18(12-24(27)42-22)41-31-29(39)28(38)30(25(14-32)43-31)44-26(37)9-4-15-2-6-17(33)7-3-15/h2-13,25,28-35,38-39H,14H2,1H3. The number of fused-ring (bicyclic) bond motifs is 1. The van der Waals surface area contributed by atoms with Gasteiger partial charge in [0, 0.05) is 29.8 Å². The van der Waals surface area contributed by atoms with Crippen molar-refractivity contribution in [2.45, 2.75) is 30.7 Å². The van der Waals surface area contributed by atoms with E-state index in [1.807, 2.05) is 0 Å². The van der Waals surface area contributed by atoms with Gasteiger partial charge in [0.1, 0.15) is 52.3 Å². The molecular formula is C31H28O13. The van der Waals surface area contributed by atoms with Gasteiger partial charge in [-0.15, -0.1) is 0 Å². The van der Waals surface area contributed by atoms with E-state index in [-0.39, 0.29) is 39.7 Å². The molecule has 0 aliphatic carbocycles. The van der Waals surface area contributed by atoms with Crippen molar-refractivity contribution in [2.24, 2.45) is 0 Å². The van der Waals surface area contributed by atoms with E-state index in [0.717, 1.165) is 18.2 Å². The van der Waals surface area contributed by atoms with Crippen molar-refractivity contribution in [1.82, 2.24) is 0 Å². The minimum atomic E-state index is -1.78. The highest BCUT2D eigenvalue weighted by molar-refractivity contribution is 5.87. The number of aromatic hydroxyl groups is 3. The molecule has 1 aliphatic rings. The first-order chi connectivity index (χ1) is 21.1. The number of ether oxygens (including phenoxy) is 4. The van der Waals surface area contributed by atoms with Gasteiger partial charge in [-0.25, -0.2) is 4.79 Å². The number of rotatable bonds is 8. The Morgan fingerprint density at radius 2 is 1.70 bits per heavy atom. The average Bonchev–Trinajstić information content (AvgIpc) is 3.00. The zero-order valence-corrected chi connectivity index (χ0v) is 23.1. The minimum Gasteiger partial charge on any atom is -0.508 e. The summed E-state index contributed by atoms with van der Waals surface area (Å²) in [6.45, 7) is -0.722. The molecule has 4 aromatic rings. The Labute approximate surface area is 249 Å². The fourth-order valence-corrected chi connectivity index (χ4v) is 4.64. The molecule has 0 amide bonds. The number of carbonyl (C=O) groups is 1. The van der Waals surface area contributed by atoms with Crippen LogP contribution in [0.5, 0.6) is 28.7 Å². The lowest BCUT2D eigenvalue weighted by molar-refractivity contribution is -0.280. The van der Waals surface area contributed by atoms with Crippen molar-refractivity contribution < 1.29 is 58.8 Å². The van der Waals surface area contributed by atoms with Crippen LogP contribution in [0.25, 0.3) is 28.4 Å². The Morgan fingerprint density at radius 1 is 0.955 bits per heavy atom. The lowest BCUT2D eigenvalue weighted by Gasteiger charge is -2.41. The molecule has 3 aromatic carbocycles. The summed E-state index contributed by atoms with van der Waals surface area (Å²) in [5, 5.41) is 61.1. The second-order valence-corrected chi connectivity index (χ2v) is 9.83. The van der Waals surface area contributed by atoms with Crippen LogP contribution in [0.15, 0.2) is 76.0 Å². The highest BCUT2D eigenvalue weighted by atomic mass is 16.7. The van der Waals surface area contributed by atoms with Crippen LogP contribution >= 0.6 is 0 Å². The lowest BCUT2D eigenvalue weighted by Crippen LogP contribution is -2.61. The molecule has 5 atom stereocenters. The minimum absolute atomic E-state index is 0.0482. The molecule has 1 aromatic heterocycles. The second kappa shape index (κ2) is 12.7. The van der Waals surface area contributed by atoms with E-state index in [0.29, 0.717) is 11.1 Å². The van der Waals surface area contributed by atoms with Crippen molar-refractivity contribution in [3.63, 3.8) is 0 Å². The van der Waals surface area contributed by atoms with Gasteiger partial charge in [0.15, 0.2) is 23.0 Å². The molecule has 13 nitrogen and oxygen atoms in total. The number of carbonyl (C=O) groups excluding carboxylic acids is 1. The molecule has 0 spiro atoms. The summed E-state index contributed by atoms with van der Waals surface area (Å²) in [5.74, 6) is -1.37. The Balaban J connectivity index is 1.35. The van der Waals surface area contributed by atoms with Gasteiger partial charge in [0.2, 0.25) is 6.29 Å². The number of esters is 1. The van der Waals surface area contributed by atoms with Crippen LogP contribution in [0.2, 0.25) is 0 Å². The second-order valence-electron chi connectivity index (χ2n) is 9.83. The first-order valence-corrected chi connectivity index (χ1v) is 13.2. The summed E-state index contributed by atoms with van der Waals surface area (Å²) in [7, 11) is 1.36. The zero-order valence-electron chi connectivity index (χ0n) is 23.1. The fourth-order valence-electron chi connectivity index (χ4n) is 4.64. The van der Waals surface area contributed by atoms with Crippen LogP contribution in [0.1, 0.15) is 5.56 Å². The number of phenols is 3. The van der Waals surface area contributed by atoms with E-state index >= 15 is 0 Å².